The Morgan fingerprint density at radius 1 is 0.905 bits per heavy atom. The molecule has 0 unspecified atom stereocenters. The van der Waals surface area contributed by atoms with Crippen LogP contribution >= 0.6 is 27.5 Å². The summed E-state index contributed by atoms with van der Waals surface area (Å²) >= 11 is 9.97. The van der Waals surface area contributed by atoms with Crippen molar-refractivity contribution in [3.63, 3.8) is 0 Å². The lowest BCUT2D eigenvalue weighted by atomic mass is 9.71. The van der Waals surface area contributed by atoms with Gasteiger partial charge < -0.3 is 0 Å². The average molecular weight is 364 g/mol. The highest BCUT2D eigenvalue weighted by Gasteiger charge is 2.41. The van der Waals surface area contributed by atoms with E-state index in [-0.39, 0.29) is 5.41 Å². The van der Waals surface area contributed by atoms with E-state index in [4.69, 9.17) is 11.6 Å². The van der Waals surface area contributed by atoms with Gasteiger partial charge in [0.1, 0.15) is 0 Å². The van der Waals surface area contributed by atoms with Crippen LogP contribution in [-0.4, -0.2) is 0 Å². The zero-order valence-electron chi connectivity index (χ0n) is 12.5. The second-order valence-electron chi connectivity index (χ2n) is 5.96. The lowest BCUT2D eigenvalue weighted by Crippen LogP contribution is -2.25. The predicted molar refractivity (Wildman–Crippen MR) is 95.2 cm³/mol. The Labute approximate surface area is 140 Å². The summed E-state index contributed by atoms with van der Waals surface area (Å²) in [5.41, 5.74) is 5.77. The average Bonchev–Trinajstić information content (AvgIpc) is 2.70. The van der Waals surface area contributed by atoms with Crippen LogP contribution in [0.1, 0.15) is 50.7 Å². The van der Waals surface area contributed by atoms with Gasteiger partial charge in [0.15, 0.2) is 0 Å². The normalized spacial score (nSPS) is 14.9. The van der Waals surface area contributed by atoms with Crippen LogP contribution in [0.2, 0.25) is 5.02 Å². The maximum Gasteiger partial charge on any atom is 0.0409 e. The minimum Gasteiger partial charge on any atom is -0.0843 e. The Morgan fingerprint density at radius 2 is 1.48 bits per heavy atom. The van der Waals surface area contributed by atoms with Crippen molar-refractivity contribution < 1.29 is 0 Å². The molecule has 0 atom stereocenters. The van der Waals surface area contributed by atoms with Crippen molar-refractivity contribution in [2.75, 3.05) is 0 Å². The van der Waals surface area contributed by atoms with Crippen LogP contribution in [0.25, 0.3) is 11.1 Å². The van der Waals surface area contributed by atoms with Gasteiger partial charge in [-0.05, 0) is 59.4 Å². The molecule has 0 nitrogen and oxygen atoms in total. The van der Waals surface area contributed by atoms with Crippen molar-refractivity contribution in [1.29, 1.82) is 0 Å². The van der Waals surface area contributed by atoms with Crippen molar-refractivity contribution >= 4 is 27.5 Å². The van der Waals surface area contributed by atoms with E-state index in [9.17, 15) is 0 Å². The van der Waals surface area contributed by atoms with Crippen LogP contribution < -0.4 is 0 Å². The molecule has 0 saturated heterocycles. The summed E-state index contributed by atoms with van der Waals surface area (Å²) in [6, 6.07) is 13.1. The van der Waals surface area contributed by atoms with Gasteiger partial charge in [0.2, 0.25) is 0 Å². The summed E-state index contributed by atoms with van der Waals surface area (Å²) in [5.74, 6) is 0. The summed E-state index contributed by atoms with van der Waals surface area (Å²) in [4.78, 5) is 0. The van der Waals surface area contributed by atoms with Gasteiger partial charge >= 0.3 is 0 Å². The molecule has 2 aromatic rings. The van der Waals surface area contributed by atoms with Gasteiger partial charge in [-0.1, -0.05) is 66.4 Å². The van der Waals surface area contributed by atoms with Crippen molar-refractivity contribution in [2.45, 2.75) is 44.9 Å². The fourth-order valence-electron chi connectivity index (χ4n) is 3.96. The van der Waals surface area contributed by atoms with Gasteiger partial charge in [-0.2, -0.15) is 0 Å². The highest BCUT2D eigenvalue weighted by atomic mass is 79.9. The van der Waals surface area contributed by atoms with Gasteiger partial charge in [0.05, 0.1) is 0 Å². The second-order valence-corrected chi connectivity index (χ2v) is 7.31. The molecule has 0 radical (unpaired) electrons. The summed E-state index contributed by atoms with van der Waals surface area (Å²) < 4.78 is 1.16. The lowest BCUT2D eigenvalue weighted by molar-refractivity contribution is 0.435. The molecule has 0 aromatic heterocycles. The summed E-state index contributed by atoms with van der Waals surface area (Å²) in [5, 5.41) is 0.845. The fraction of sp³-hybridized carbons (Fsp3) is 0.368. The van der Waals surface area contributed by atoms with Crippen LogP contribution in [-0.2, 0) is 5.41 Å². The molecule has 2 aromatic carbocycles. The SMILES string of the molecule is CCCC1(CCC)c2cc(Cl)ccc2-c2ccc(Br)cc21. The van der Waals surface area contributed by atoms with Gasteiger partial charge in [0.25, 0.3) is 0 Å². The van der Waals surface area contributed by atoms with Crippen molar-refractivity contribution in [3.8, 4) is 11.1 Å². The Balaban J connectivity index is 2.32. The first-order valence-electron chi connectivity index (χ1n) is 7.73. The number of rotatable bonds is 4. The summed E-state index contributed by atoms with van der Waals surface area (Å²) in [7, 11) is 0. The zero-order chi connectivity index (χ0) is 15.0. The largest absolute Gasteiger partial charge is 0.0843 e. The van der Waals surface area contributed by atoms with E-state index in [0.717, 1.165) is 9.50 Å². The molecule has 3 rings (SSSR count). The van der Waals surface area contributed by atoms with Crippen molar-refractivity contribution in [2.24, 2.45) is 0 Å². The van der Waals surface area contributed by atoms with E-state index in [1.165, 1.54) is 47.9 Å². The van der Waals surface area contributed by atoms with Crippen molar-refractivity contribution in [1.82, 2.24) is 0 Å². The molecular formula is C19H20BrCl. The third-order valence-electron chi connectivity index (χ3n) is 4.64. The van der Waals surface area contributed by atoms with Crippen LogP contribution in [0, 0.1) is 0 Å². The molecule has 2 heteroatoms. The quantitative estimate of drug-likeness (QED) is 0.550. The highest BCUT2D eigenvalue weighted by Crippen LogP contribution is 2.54. The molecule has 0 fully saturated rings. The lowest BCUT2D eigenvalue weighted by Gasteiger charge is -2.32. The van der Waals surface area contributed by atoms with Gasteiger partial charge in [-0.3, -0.25) is 0 Å². The maximum atomic E-state index is 6.32. The summed E-state index contributed by atoms with van der Waals surface area (Å²) in [6.45, 7) is 4.55. The first-order valence-corrected chi connectivity index (χ1v) is 8.90. The number of hydrogen-bond acceptors (Lipinski definition) is 0. The Morgan fingerprint density at radius 3 is 2.10 bits per heavy atom. The molecule has 0 bridgehead atoms. The highest BCUT2D eigenvalue weighted by molar-refractivity contribution is 9.10. The molecule has 21 heavy (non-hydrogen) atoms. The van der Waals surface area contributed by atoms with Crippen LogP contribution in [0.3, 0.4) is 0 Å². The molecule has 0 heterocycles. The summed E-state index contributed by atoms with van der Waals surface area (Å²) in [6.07, 6.45) is 4.71. The molecule has 0 aliphatic heterocycles. The van der Waals surface area contributed by atoms with Gasteiger partial charge in [0, 0.05) is 14.9 Å². The second kappa shape index (κ2) is 5.78. The Bertz CT molecular complexity index is 616. The van der Waals surface area contributed by atoms with E-state index in [1.54, 1.807) is 0 Å². The zero-order valence-corrected chi connectivity index (χ0v) is 14.9. The van der Waals surface area contributed by atoms with E-state index in [0.29, 0.717) is 0 Å². The first-order chi connectivity index (χ1) is 10.1. The van der Waals surface area contributed by atoms with Crippen LogP contribution in [0.15, 0.2) is 40.9 Å². The Hall–Kier alpha value is -0.790. The Kier molecular flexibility index (Phi) is 4.16. The monoisotopic (exact) mass is 362 g/mol. The third-order valence-corrected chi connectivity index (χ3v) is 5.37. The smallest absolute Gasteiger partial charge is 0.0409 e. The third kappa shape index (κ3) is 2.35. The molecule has 1 aliphatic rings. The molecule has 0 saturated carbocycles. The first kappa shape index (κ1) is 15.1. The minimum absolute atomic E-state index is 0.128. The molecular weight excluding hydrogens is 344 g/mol. The molecule has 0 N–H and O–H groups in total. The van der Waals surface area contributed by atoms with E-state index in [1.807, 2.05) is 6.07 Å². The van der Waals surface area contributed by atoms with Crippen LogP contribution in [0.5, 0.6) is 0 Å². The number of hydrogen-bond donors (Lipinski definition) is 0. The van der Waals surface area contributed by atoms with E-state index in [2.05, 4.69) is 60.1 Å². The topological polar surface area (TPSA) is 0 Å². The minimum atomic E-state index is 0.128. The van der Waals surface area contributed by atoms with E-state index >= 15 is 0 Å². The predicted octanol–water partition coefficient (Wildman–Crippen LogP) is 6.97. The van der Waals surface area contributed by atoms with Gasteiger partial charge in [-0.15, -0.1) is 0 Å². The number of fused-ring (bicyclic) bond motifs is 3. The molecule has 1 aliphatic carbocycles. The number of benzene rings is 2. The maximum absolute atomic E-state index is 6.32. The number of halogens is 2. The standard InChI is InChI=1S/C19H20BrCl/c1-3-9-19(10-4-2)17-11-13(20)5-7-15(17)16-8-6-14(21)12-18(16)19/h5-8,11-12H,3-4,9-10H2,1-2H3. The fourth-order valence-corrected chi connectivity index (χ4v) is 4.49. The van der Waals surface area contributed by atoms with Crippen LogP contribution in [0.4, 0.5) is 0 Å². The molecule has 110 valence electrons. The van der Waals surface area contributed by atoms with E-state index < -0.39 is 0 Å². The van der Waals surface area contributed by atoms with Crippen molar-refractivity contribution in [3.05, 3.63) is 57.0 Å². The molecule has 0 amide bonds. The van der Waals surface area contributed by atoms with Gasteiger partial charge in [-0.25, -0.2) is 0 Å². The molecule has 0 spiro atoms.